The second-order valence-electron chi connectivity index (χ2n) is 8.99. The van der Waals surface area contributed by atoms with Crippen LogP contribution < -0.4 is 15.8 Å². The Bertz CT molecular complexity index is 1030. The van der Waals surface area contributed by atoms with Crippen LogP contribution in [0.15, 0.2) is 42.5 Å². The summed E-state index contributed by atoms with van der Waals surface area (Å²) in [4.78, 5) is 17.0. The number of benzene rings is 2. The van der Waals surface area contributed by atoms with E-state index < -0.39 is 11.6 Å². The number of nitrogens with two attached hydrogens (primary N) is 1. The van der Waals surface area contributed by atoms with E-state index in [1.807, 2.05) is 0 Å². The van der Waals surface area contributed by atoms with Gasteiger partial charge in [0, 0.05) is 49.5 Å². The molecule has 0 saturated carbocycles. The van der Waals surface area contributed by atoms with E-state index >= 15 is 0 Å². The summed E-state index contributed by atoms with van der Waals surface area (Å²) in [6, 6.07) is 13.1. The molecule has 2 bridgehead atoms. The standard InChI is InChI=1S/C25H29F2N5O2/c26-23-8-3-19(11-24(23)27)30-25(33)16-31-14-20-4-5-21(15-31)32(20)13-18(29)9-10-34-22-6-1-17(12-28)2-7-22/h1-3,6-8,11,18,20-21H,4-5,9-10,13-16,29H2,(H,30,33). The number of nitriles is 1. The summed E-state index contributed by atoms with van der Waals surface area (Å²) in [5, 5.41) is 11.5. The van der Waals surface area contributed by atoms with Gasteiger partial charge in [0.25, 0.3) is 0 Å². The summed E-state index contributed by atoms with van der Waals surface area (Å²) in [6.45, 7) is 3.05. The number of amides is 1. The number of rotatable bonds is 9. The monoisotopic (exact) mass is 469 g/mol. The number of halogens is 2. The first-order valence-electron chi connectivity index (χ1n) is 11.5. The first kappa shape index (κ1) is 24.1. The molecule has 0 aromatic heterocycles. The highest BCUT2D eigenvalue weighted by Gasteiger charge is 2.40. The van der Waals surface area contributed by atoms with E-state index in [1.54, 1.807) is 24.3 Å². The van der Waals surface area contributed by atoms with E-state index in [-0.39, 0.29) is 24.2 Å². The summed E-state index contributed by atoms with van der Waals surface area (Å²) in [6.07, 6.45) is 2.86. The van der Waals surface area contributed by atoms with Crippen LogP contribution in [0.2, 0.25) is 0 Å². The Hall–Kier alpha value is -3.06. The van der Waals surface area contributed by atoms with Crippen molar-refractivity contribution in [1.82, 2.24) is 9.80 Å². The molecule has 3 N–H and O–H groups in total. The number of nitrogens with zero attached hydrogens (tertiary/aromatic N) is 3. The molecule has 0 radical (unpaired) electrons. The normalized spacial score (nSPS) is 21.1. The van der Waals surface area contributed by atoms with Gasteiger partial charge in [0.15, 0.2) is 11.6 Å². The molecule has 1 amide bonds. The van der Waals surface area contributed by atoms with Crippen LogP contribution in [-0.4, -0.2) is 66.6 Å². The highest BCUT2D eigenvalue weighted by Crippen LogP contribution is 2.30. The number of carbonyl (C=O) groups is 1. The number of hydrogen-bond acceptors (Lipinski definition) is 6. The van der Waals surface area contributed by atoms with Gasteiger partial charge in [0.05, 0.1) is 24.8 Å². The largest absolute Gasteiger partial charge is 0.494 e. The molecule has 2 saturated heterocycles. The van der Waals surface area contributed by atoms with Crippen LogP contribution in [0.4, 0.5) is 14.5 Å². The maximum Gasteiger partial charge on any atom is 0.238 e. The van der Waals surface area contributed by atoms with Gasteiger partial charge in [-0.3, -0.25) is 14.6 Å². The Balaban J connectivity index is 1.20. The molecule has 0 aliphatic carbocycles. The molecule has 2 aromatic rings. The number of carbonyl (C=O) groups excluding carboxylic acids is 1. The van der Waals surface area contributed by atoms with Gasteiger partial charge in [0.1, 0.15) is 5.75 Å². The fourth-order valence-electron chi connectivity index (χ4n) is 4.80. The molecule has 4 rings (SSSR count). The molecule has 3 unspecified atom stereocenters. The van der Waals surface area contributed by atoms with Gasteiger partial charge in [-0.15, -0.1) is 0 Å². The Morgan fingerprint density at radius 3 is 2.50 bits per heavy atom. The van der Waals surface area contributed by atoms with Gasteiger partial charge in [-0.25, -0.2) is 8.78 Å². The SMILES string of the molecule is N#Cc1ccc(OCCC(N)CN2C3CCC2CN(CC(=O)Nc2ccc(F)c(F)c2)C3)cc1. The Morgan fingerprint density at radius 2 is 1.85 bits per heavy atom. The number of nitrogens with one attached hydrogen (secondary N) is 1. The van der Waals surface area contributed by atoms with Gasteiger partial charge in [-0.1, -0.05) is 0 Å². The second kappa shape index (κ2) is 10.9. The Labute approximate surface area is 198 Å². The van der Waals surface area contributed by atoms with Gasteiger partial charge >= 0.3 is 0 Å². The third-order valence-electron chi connectivity index (χ3n) is 6.47. The molecule has 9 heteroatoms. The first-order valence-corrected chi connectivity index (χ1v) is 11.5. The lowest BCUT2D eigenvalue weighted by Gasteiger charge is -2.41. The number of likely N-dealkylation sites (tertiary alicyclic amines) is 1. The van der Waals surface area contributed by atoms with Crippen molar-refractivity contribution >= 4 is 11.6 Å². The van der Waals surface area contributed by atoms with Gasteiger partial charge in [0.2, 0.25) is 5.91 Å². The summed E-state index contributed by atoms with van der Waals surface area (Å²) >= 11 is 0. The number of piperazine rings is 1. The van der Waals surface area contributed by atoms with Crippen LogP contribution in [0.1, 0.15) is 24.8 Å². The minimum absolute atomic E-state index is 0.0234. The van der Waals surface area contributed by atoms with Gasteiger partial charge in [-0.2, -0.15) is 5.26 Å². The summed E-state index contributed by atoms with van der Waals surface area (Å²) in [5.74, 6) is -1.44. The van der Waals surface area contributed by atoms with Crippen LogP contribution in [-0.2, 0) is 4.79 Å². The number of fused-ring (bicyclic) bond motifs is 2. The fourth-order valence-corrected chi connectivity index (χ4v) is 4.80. The molecular formula is C25H29F2N5O2. The predicted octanol–water partition coefficient (Wildman–Crippen LogP) is 2.72. The van der Waals surface area contributed by atoms with Crippen molar-refractivity contribution < 1.29 is 18.3 Å². The minimum atomic E-state index is -0.983. The van der Waals surface area contributed by atoms with Crippen LogP contribution in [0.3, 0.4) is 0 Å². The summed E-state index contributed by atoms with van der Waals surface area (Å²) < 4.78 is 32.2. The molecule has 2 fully saturated rings. The van der Waals surface area contributed by atoms with E-state index in [2.05, 4.69) is 21.2 Å². The van der Waals surface area contributed by atoms with Crippen LogP contribution in [0.25, 0.3) is 0 Å². The van der Waals surface area contributed by atoms with Crippen molar-refractivity contribution in [3.63, 3.8) is 0 Å². The minimum Gasteiger partial charge on any atom is -0.494 e. The van der Waals surface area contributed by atoms with Crippen molar-refractivity contribution in [2.75, 3.05) is 38.1 Å². The maximum absolute atomic E-state index is 13.4. The van der Waals surface area contributed by atoms with Crippen molar-refractivity contribution in [3.05, 3.63) is 59.7 Å². The lowest BCUT2D eigenvalue weighted by atomic mass is 10.1. The van der Waals surface area contributed by atoms with Crippen LogP contribution >= 0.6 is 0 Å². The molecule has 180 valence electrons. The smallest absolute Gasteiger partial charge is 0.238 e. The average molecular weight is 470 g/mol. The molecule has 2 aliphatic heterocycles. The lowest BCUT2D eigenvalue weighted by Crippen LogP contribution is -2.57. The molecule has 34 heavy (non-hydrogen) atoms. The molecule has 2 aromatic carbocycles. The second-order valence-corrected chi connectivity index (χ2v) is 8.99. The van der Waals surface area contributed by atoms with E-state index in [4.69, 9.17) is 15.7 Å². The maximum atomic E-state index is 13.4. The topological polar surface area (TPSA) is 94.6 Å². The van der Waals surface area contributed by atoms with Gasteiger partial charge < -0.3 is 15.8 Å². The third-order valence-corrected chi connectivity index (χ3v) is 6.47. The molecule has 2 aliphatic rings. The highest BCUT2D eigenvalue weighted by molar-refractivity contribution is 5.92. The summed E-state index contributed by atoms with van der Waals surface area (Å²) in [7, 11) is 0. The molecule has 7 nitrogen and oxygen atoms in total. The zero-order chi connectivity index (χ0) is 24.1. The van der Waals surface area contributed by atoms with Crippen molar-refractivity contribution in [2.24, 2.45) is 5.73 Å². The fraction of sp³-hybridized carbons (Fsp3) is 0.440. The quantitative estimate of drug-likeness (QED) is 0.587. The molecule has 2 heterocycles. The Morgan fingerprint density at radius 1 is 1.15 bits per heavy atom. The Kier molecular flexibility index (Phi) is 7.73. The van der Waals surface area contributed by atoms with Crippen LogP contribution in [0, 0.1) is 23.0 Å². The third kappa shape index (κ3) is 6.08. The first-order chi connectivity index (χ1) is 16.4. The molecule has 3 atom stereocenters. The average Bonchev–Trinajstić information content (AvgIpc) is 3.04. The van der Waals surface area contributed by atoms with E-state index in [9.17, 15) is 13.6 Å². The van der Waals surface area contributed by atoms with Gasteiger partial charge in [-0.05, 0) is 55.7 Å². The zero-order valence-corrected chi connectivity index (χ0v) is 18.9. The predicted molar refractivity (Wildman–Crippen MR) is 124 cm³/mol. The lowest BCUT2D eigenvalue weighted by molar-refractivity contribution is -0.118. The molecular weight excluding hydrogens is 440 g/mol. The van der Waals surface area contributed by atoms with Crippen LogP contribution in [0.5, 0.6) is 5.75 Å². The molecule has 0 spiro atoms. The summed E-state index contributed by atoms with van der Waals surface area (Å²) in [5.41, 5.74) is 7.24. The van der Waals surface area contributed by atoms with Crippen molar-refractivity contribution in [1.29, 1.82) is 5.26 Å². The van der Waals surface area contributed by atoms with Crippen molar-refractivity contribution in [2.45, 2.75) is 37.4 Å². The number of hydrogen-bond donors (Lipinski definition) is 2. The van der Waals surface area contributed by atoms with E-state index in [0.29, 0.717) is 24.3 Å². The zero-order valence-electron chi connectivity index (χ0n) is 18.9. The number of anilines is 1. The number of ether oxygens (including phenoxy) is 1. The van der Waals surface area contributed by atoms with Crippen molar-refractivity contribution in [3.8, 4) is 11.8 Å². The van der Waals surface area contributed by atoms with E-state index in [1.165, 1.54) is 6.07 Å². The highest BCUT2D eigenvalue weighted by atomic mass is 19.2. The van der Waals surface area contributed by atoms with E-state index in [0.717, 1.165) is 56.8 Å².